The average Bonchev–Trinajstić information content (AvgIpc) is 3.38. The van der Waals surface area contributed by atoms with Crippen LogP contribution in [0.3, 0.4) is 0 Å². The van der Waals surface area contributed by atoms with Crippen LogP contribution >= 0.6 is 11.6 Å². The van der Waals surface area contributed by atoms with Gasteiger partial charge in [-0.15, -0.1) is 0 Å². The fourth-order valence-corrected chi connectivity index (χ4v) is 4.07. The normalized spacial score (nSPS) is 11.6. The molecule has 0 aliphatic rings. The molecule has 32 heavy (non-hydrogen) atoms. The number of sulfonamides is 1. The molecule has 0 aliphatic carbocycles. The van der Waals surface area contributed by atoms with Gasteiger partial charge in [-0.2, -0.15) is 8.42 Å². The van der Waals surface area contributed by atoms with Crippen molar-refractivity contribution in [3.63, 3.8) is 0 Å². The molecule has 13 heteroatoms. The summed E-state index contributed by atoms with van der Waals surface area (Å²) in [6.07, 6.45) is 2.51. The Morgan fingerprint density at radius 1 is 1.19 bits per heavy atom. The van der Waals surface area contributed by atoms with Crippen molar-refractivity contribution in [3.05, 3.63) is 76.3 Å². The predicted molar refractivity (Wildman–Crippen MR) is 107 cm³/mol. The molecule has 0 atom stereocenters. The number of halogens is 3. The highest BCUT2D eigenvalue weighted by Crippen LogP contribution is 2.29. The minimum absolute atomic E-state index is 0.134. The van der Waals surface area contributed by atoms with Gasteiger partial charge in [0.2, 0.25) is 16.6 Å². The zero-order chi connectivity index (χ0) is 23.2. The molecule has 3 heterocycles. The van der Waals surface area contributed by atoms with Gasteiger partial charge in [-0.25, -0.2) is 18.6 Å². The fraction of sp³-hybridized carbons (Fsp3) is 0. The van der Waals surface area contributed by atoms with Gasteiger partial charge >= 0.3 is 5.97 Å². The van der Waals surface area contributed by atoms with E-state index in [4.69, 9.17) is 21.1 Å². The molecule has 0 amide bonds. The highest BCUT2D eigenvalue weighted by atomic mass is 35.5. The topological polar surface area (TPSA) is 142 Å². The summed E-state index contributed by atoms with van der Waals surface area (Å²) in [4.78, 5) is 30.4. The maximum atomic E-state index is 15.1. The third-order valence-corrected chi connectivity index (χ3v) is 5.81. The molecule has 9 nitrogen and oxygen atoms in total. The maximum absolute atomic E-state index is 15.1. The second kappa shape index (κ2) is 7.73. The number of carbonyl (C=O) groups excluding carboxylic acids is 1. The number of carboxylic acid groups (broad SMARTS) is 1. The van der Waals surface area contributed by atoms with Crippen molar-refractivity contribution in [3.8, 4) is 0 Å². The van der Waals surface area contributed by atoms with Crippen LogP contribution in [0, 0.1) is 11.6 Å². The number of H-pyrrole nitrogens is 1. The van der Waals surface area contributed by atoms with E-state index in [0.717, 1.165) is 18.2 Å². The number of pyridine rings is 1. The average molecular weight is 482 g/mol. The van der Waals surface area contributed by atoms with Gasteiger partial charge in [0.1, 0.15) is 11.5 Å². The summed E-state index contributed by atoms with van der Waals surface area (Å²) in [5.74, 6) is -5.96. The fourth-order valence-electron chi connectivity index (χ4n) is 2.91. The van der Waals surface area contributed by atoms with E-state index in [0.29, 0.717) is 6.07 Å². The van der Waals surface area contributed by atoms with Crippen molar-refractivity contribution in [2.75, 3.05) is 4.72 Å². The monoisotopic (exact) mass is 481 g/mol. The molecular formula is C19H10ClF2N3O6S. The SMILES string of the molecule is O=C(O)c1ccc(S(=O)(=O)Nc2ccc(F)c(C(=O)c3c[nH]c4ncc(Cl)cc34)c2F)o1. The minimum atomic E-state index is -4.59. The number of carboxylic acids is 1. The van der Waals surface area contributed by atoms with Crippen molar-refractivity contribution < 1.29 is 36.3 Å². The molecule has 4 aromatic rings. The second-order valence-electron chi connectivity index (χ2n) is 6.39. The Balaban J connectivity index is 1.75. The minimum Gasteiger partial charge on any atom is -0.475 e. The molecular weight excluding hydrogens is 472 g/mol. The van der Waals surface area contributed by atoms with Gasteiger partial charge in [-0.1, -0.05) is 11.6 Å². The molecule has 3 N–H and O–H groups in total. The zero-order valence-electron chi connectivity index (χ0n) is 15.5. The number of nitrogens with zero attached hydrogens (tertiary/aromatic N) is 1. The summed E-state index contributed by atoms with van der Waals surface area (Å²) in [7, 11) is -4.59. The van der Waals surface area contributed by atoms with Crippen LogP contribution in [0.2, 0.25) is 5.02 Å². The van der Waals surface area contributed by atoms with Crippen LogP contribution in [0.1, 0.15) is 26.5 Å². The number of anilines is 1. The molecule has 0 radical (unpaired) electrons. The third kappa shape index (κ3) is 3.69. The molecule has 164 valence electrons. The lowest BCUT2D eigenvalue weighted by Gasteiger charge is -2.10. The van der Waals surface area contributed by atoms with Crippen LogP contribution in [0.5, 0.6) is 0 Å². The Labute approximate surface area is 182 Å². The Hall–Kier alpha value is -3.77. The summed E-state index contributed by atoms with van der Waals surface area (Å²) >= 11 is 5.88. The Morgan fingerprint density at radius 2 is 1.94 bits per heavy atom. The van der Waals surface area contributed by atoms with Gasteiger partial charge in [0, 0.05) is 23.3 Å². The molecule has 1 aromatic carbocycles. The van der Waals surface area contributed by atoms with Crippen LogP contribution in [0.25, 0.3) is 11.0 Å². The van der Waals surface area contributed by atoms with E-state index >= 15 is 4.39 Å². The van der Waals surface area contributed by atoms with E-state index in [9.17, 15) is 22.4 Å². The van der Waals surface area contributed by atoms with Crippen molar-refractivity contribution in [1.29, 1.82) is 0 Å². The molecule has 0 spiro atoms. The largest absolute Gasteiger partial charge is 0.475 e. The van der Waals surface area contributed by atoms with E-state index in [2.05, 4.69) is 9.97 Å². The highest BCUT2D eigenvalue weighted by molar-refractivity contribution is 7.92. The maximum Gasteiger partial charge on any atom is 0.371 e. The number of benzene rings is 1. The lowest BCUT2D eigenvalue weighted by atomic mass is 10.0. The summed E-state index contributed by atoms with van der Waals surface area (Å²) in [5.41, 5.74) is -1.65. The van der Waals surface area contributed by atoms with Crippen LogP contribution < -0.4 is 4.72 Å². The first kappa shape index (κ1) is 21.5. The number of hydrogen-bond acceptors (Lipinski definition) is 6. The van der Waals surface area contributed by atoms with Crippen molar-refractivity contribution >= 4 is 50.1 Å². The number of nitrogens with one attached hydrogen (secondary N) is 2. The summed E-state index contributed by atoms with van der Waals surface area (Å²) in [5, 5.41) is 8.43. The second-order valence-corrected chi connectivity index (χ2v) is 8.44. The first-order chi connectivity index (χ1) is 15.1. The van der Waals surface area contributed by atoms with E-state index in [1.165, 1.54) is 18.5 Å². The van der Waals surface area contributed by atoms with Gasteiger partial charge in [0.15, 0.2) is 5.82 Å². The van der Waals surface area contributed by atoms with E-state index in [1.54, 1.807) is 0 Å². The van der Waals surface area contributed by atoms with Gasteiger partial charge in [-0.05, 0) is 30.3 Å². The standard InChI is InChI=1S/C19H10ClF2N3O6S/c20-8-5-9-10(7-24-18(9)23-6-8)17(26)15-11(21)1-2-12(16(15)22)25-32(29,30)14-4-3-13(31-14)19(27)28/h1-7,25H,(H,23,24)(H,27,28). The molecule has 4 rings (SSSR count). The lowest BCUT2D eigenvalue weighted by Crippen LogP contribution is -2.16. The van der Waals surface area contributed by atoms with Crippen LogP contribution in [0.15, 0.2) is 52.2 Å². The highest BCUT2D eigenvalue weighted by Gasteiger charge is 2.28. The van der Waals surface area contributed by atoms with Gasteiger partial charge < -0.3 is 14.5 Å². The number of hydrogen-bond donors (Lipinski definition) is 3. The van der Waals surface area contributed by atoms with Crippen molar-refractivity contribution in [1.82, 2.24) is 9.97 Å². The molecule has 0 aliphatic heterocycles. The summed E-state index contributed by atoms with van der Waals surface area (Å²) < 4.78 is 60.9. The number of carbonyl (C=O) groups is 2. The Morgan fingerprint density at radius 3 is 2.62 bits per heavy atom. The number of ketones is 1. The zero-order valence-corrected chi connectivity index (χ0v) is 17.1. The summed E-state index contributed by atoms with van der Waals surface area (Å²) in [6.45, 7) is 0. The van der Waals surface area contributed by atoms with E-state index in [-0.39, 0.29) is 21.6 Å². The lowest BCUT2D eigenvalue weighted by molar-refractivity contribution is 0.0656. The molecule has 0 saturated heterocycles. The predicted octanol–water partition coefficient (Wildman–Crippen LogP) is 3.82. The summed E-state index contributed by atoms with van der Waals surface area (Å²) in [6, 6.07) is 4.60. The van der Waals surface area contributed by atoms with Crippen molar-refractivity contribution in [2.45, 2.75) is 5.09 Å². The van der Waals surface area contributed by atoms with Gasteiger partial charge in [-0.3, -0.25) is 9.52 Å². The molecule has 0 fully saturated rings. The smallest absolute Gasteiger partial charge is 0.371 e. The van der Waals surface area contributed by atoms with Crippen LogP contribution in [-0.2, 0) is 10.0 Å². The Kier molecular flexibility index (Phi) is 5.18. The van der Waals surface area contributed by atoms with Crippen LogP contribution in [0.4, 0.5) is 14.5 Å². The first-order valence-corrected chi connectivity index (χ1v) is 10.5. The molecule has 0 bridgehead atoms. The number of fused-ring (bicyclic) bond motifs is 1. The molecule has 0 saturated carbocycles. The van der Waals surface area contributed by atoms with E-state index < -0.39 is 55.5 Å². The molecule has 0 unspecified atom stereocenters. The van der Waals surface area contributed by atoms with Crippen molar-refractivity contribution in [2.24, 2.45) is 0 Å². The number of furan rings is 1. The first-order valence-electron chi connectivity index (χ1n) is 8.60. The number of rotatable bonds is 6. The van der Waals surface area contributed by atoms with Gasteiger partial charge in [0.25, 0.3) is 10.0 Å². The number of aromatic amines is 1. The van der Waals surface area contributed by atoms with Gasteiger partial charge in [0.05, 0.1) is 16.3 Å². The third-order valence-electron chi connectivity index (χ3n) is 4.36. The molecule has 3 aromatic heterocycles. The number of aromatic carboxylic acids is 1. The van der Waals surface area contributed by atoms with Crippen LogP contribution in [-0.4, -0.2) is 35.2 Å². The quantitative estimate of drug-likeness (QED) is 0.355. The Bertz CT molecular complexity index is 1510. The number of aromatic nitrogens is 2. The van der Waals surface area contributed by atoms with E-state index in [1.807, 2.05) is 4.72 Å².